The predicted molar refractivity (Wildman–Crippen MR) is 112 cm³/mol. The Kier molecular flexibility index (Phi) is 5.39. The van der Waals surface area contributed by atoms with E-state index in [-0.39, 0.29) is 17.7 Å². The minimum absolute atomic E-state index is 0.0428. The van der Waals surface area contributed by atoms with Gasteiger partial charge in [-0.1, -0.05) is 24.3 Å². The van der Waals surface area contributed by atoms with Crippen LogP contribution < -0.4 is 5.32 Å². The van der Waals surface area contributed by atoms with Gasteiger partial charge in [-0.15, -0.1) is 11.3 Å². The van der Waals surface area contributed by atoms with Crippen LogP contribution in [0.5, 0.6) is 0 Å². The first kappa shape index (κ1) is 18.6. The molecule has 2 heterocycles. The van der Waals surface area contributed by atoms with Gasteiger partial charge in [0.25, 0.3) is 0 Å². The van der Waals surface area contributed by atoms with Gasteiger partial charge in [0.1, 0.15) is 0 Å². The van der Waals surface area contributed by atoms with Crippen LogP contribution in [0.4, 0.5) is 5.69 Å². The molecule has 2 amide bonds. The lowest BCUT2D eigenvalue weighted by atomic mass is 9.95. The average Bonchev–Trinajstić information content (AvgIpc) is 3.37. The minimum Gasteiger partial charge on any atom is -0.339 e. The molecule has 0 atom stereocenters. The standard InChI is InChI=1S/C22H23N3O2S/c1-15-23-20(14-28-15)17-7-8-18(13-17)22(27)25-11-9-16(10-12-25)21(26)24-19-5-3-2-4-6-19/h2-7,13-14,16H,8-12H2,1H3,(H,24,26). The summed E-state index contributed by atoms with van der Waals surface area (Å²) in [5.74, 6) is 0.0786. The molecule has 5 nitrogen and oxygen atoms in total. The van der Waals surface area contributed by atoms with E-state index in [1.54, 1.807) is 11.3 Å². The van der Waals surface area contributed by atoms with Crippen LogP contribution in [0.1, 0.15) is 30.0 Å². The second kappa shape index (κ2) is 8.10. The highest BCUT2D eigenvalue weighted by Gasteiger charge is 2.29. The molecule has 0 spiro atoms. The third kappa shape index (κ3) is 4.07. The van der Waals surface area contributed by atoms with Crippen molar-refractivity contribution in [2.24, 2.45) is 5.92 Å². The Bertz CT molecular complexity index is 938. The Morgan fingerprint density at radius 3 is 2.61 bits per heavy atom. The fourth-order valence-corrected chi connectivity index (χ4v) is 4.28. The third-order valence-electron chi connectivity index (χ3n) is 5.26. The number of para-hydroxylation sites is 1. The van der Waals surface area contributed by atoms with Gasteiger partial charge in [-0.05, 0) is 50.0 Å². The number of nitrogens with one attached hydrogen (secondary N) is 1. The van der Waals surface area contributed by atoms with Crippen LogP contribution in [-0.2, 0) is 9.59 Å². The van der Waals surface area contributed by atoms with Gasteiger partial charge in [0, 0.05) is 35.6 Å². The zero-order chi connectivity index (χ0) is 19.5. The molecule has 0 radical (unpaired) electrons. The third-order valence-corrected chi connectivity index (χ3v) is 6.03. The van der Waals surface area contributed by atoms with Crippen LogP contribution in [0, 0.1) is 12.8 Å². The molecular weight excluding hydrogens is 370 g/mol. The predicted octanol–water partition coefficient (Wildman–Crippen LogP) is 4.04. The molecule has 1 aliphatic carbocycles. The lowest BCUT2D eigenvalue weighted by Gasteiger charge is -2.31. The monoisotopic (exact) mass is 393 g/mol. The van der Waals surface area contributed by atoms with Gasteiger partial charge < -0.3 is 10.2 Å². The Balaban J connectivity index is 1.31. The molecule has 2 aromatic rings. The van der Waals surface area contributed by atoms with E-state index in [1.807, 2.05) is 53.6 Å². The van der Waals surface area contributed by atoms with Crippen molar-refractivity contribution in [2.45, 2.75) is 26.2 Å². The molecule has 1 aromatic carbocycles. The number of piperidine rings is 1. The summed E-state index contributed by atoms with van der Waals surface area (Å²) in [6.07, 6.45) is 6.08. The maximum atomic E-state index is 12.9. The number of thiazole rings is 1. The fraction of sp³-hybridized carbons (Fsp3) is 0.318. The van der Waals surface area contributed by atoms with E-state index >= 15 is 0 Å². The first-order valence-electron chi connectivity index (χ1n) is 9.58. The summed E-state index contributed by atoms with van der Waals surface area (Å²) in [4.78, 5) is 31.7. The SMILES string of the molecule is Cc1nc(C2=CCC(C(=O)N3CCC(C(=O)Nc4ccccc4)CC3)=C2)cs1. The minimum atomic E-state index is -0.0477. The van der Waals surface area contributed by atoms with Gasteiger partial charge in [-0.2, -0.15) is 0 Å². The van der Waals surface area contributed by atoms with E-state index in [2.05, 4.69) is 16.4 Å². The van der Waals surface area contributed by atoms with Crippen LogP contribution in [0.25, 0.3) is 5.57 Å². The van der Waals surface area contributed by atoms with Crippen LogP contribution in [-0.4, -0.2) is 34.8 Å². The molecular formula is C22H23N3O2S. The number of rotatable bonds is 4. The van der Waals surface area contributed by atoms with Gasteiger partial charge in [0.2, 0.25) is 11.8 Å². The van der Waals surface area contributed by atoms with Crippen molar-refractivity contribution in [3.8, 4) is 0 Å². The van der Waals surface area contributed by atoms with Crippen molar-refractivity contribution in [1.82, 2.24) is 9.88 Å². The molecule has 1 aromatic heterocycles. The van der Waals surface area contributed by atoms with E-state index in [1.165, 1.54) is 0 Å². The summed E-state index contributed by atoms with van der Waals surface area (Å²) in [6.45, 7) is 3.22. The maximum absolute atomic E-state index is 12.9. The molecule has 1 fully saturated rings. The summed E-state index contributed by atoms with van der Waals surface area (Å²) < 4.78 is 0. The highest BCUT2D eigenvalue weighted by Crippen LogP contribution is 2.29. The molecule has 0 saturated carbocycles. The average molecular weight is 394 g/mol. The molecule has 0 bridgehead atoms. The number of aromatic nitrogens is 1. The molecule has 2 aliphatic rings. The second-order valence-electron chi connectivity index (χ2n) is 7.21. The number of aryl methyl sites for hydroxylation is 1. The van der Waals surface area contributed by atoms with Crippen molar-refractivity contribution < 1.29 is 9.59 Å². The smallest absolute Gasteiger partial charge is 0.250 e. The highest BCUT2D eigenvalue weighted by molar-refractivity contribution is 7.09. The largest absolute Gasteiger partial charge is 0.339 e. The number of carbonyl (C=O) groups excluding carboxylic acids is 2. The Morgan fingerprint density at radius 2 is 1.93 bits per heavy atom. The number of allylic oxidation sites excluding steroid dienone is 3. The molecule has 4 rings (SSSR count). The summed E-state index contributed by atoms with van der Waals surface area (Å²) in [6, 6.07) is 9.51. The summed E-state index contributed by atoms with van der Waals surface area (Å²) in [5.41, 5.74) is 3.61. The van der Waals surface area contributed by atoms with Crippen LogP contribution >= 0.6 is 11.3 Å². The van der Waals surface area contributed by atoms with Gasteiger partial charge in [-0.25, -0.2) is 4.98 Å². The lowest BCUT2D eigenvalue weighted by molar-refractivity contribution is -0.131. The lowest BCUT2D eigenvalue weighted by Crippen LogP contribution is -2.41. The first-order chi connectivity index (χ1) is 13.6. The summed E-state index contributed by atoms with van der Waals surface area (Å²) in [5, 5.41) is 6.03. The normalized spacial score (nSPS) is 17.2. The van der Waals surface area contributed by atoms with E-state index < -0.39 is 0 Å². The quantitative estimate of drug-likeness (QED) is 0.853. The molecule has 1 saturated heterocycles. The molecule has 6 heteroatoms. The highest BCUT2D eigenvalue weighted by atomic mass is 32.1. The van der Waals surface area contributed by atoms with Crippen molar-refractivity contribution in [3.63, 3.8) is 0 Å². The van der Waals surface area contributed by atoms with Crippen LogP contribution in [0.2, 0.25) is 0 Å². The summed E-state index contributed by atoms with van der Waals surface area (Å²) in [7, 11) is 0. The van der Waals surface area contributed by atoms with E-state index in [0.717, 1.165) is 27.5 Å². The number of carbonyl (C=O) groups is 2. The number of amides is 2. The van der Waals surface area contributed by atoms with Crippen LogP contribution in [0.3, 0.4) is 0 Å². The number of benzene rings is 1. The van der Waals surface area contributed by atoms with Crippen molar-refractivity contribution in [3.05, 3.63) is 64.1 Å². The zero-order valence-corrected chi connectivity index (χ0v) is 16.7. The van der Waals surface area contributed by atoms with Gasteiger partial charge in [0.15, 0.2) is 0 Å². The Hall–Kier alpha value is -2.73. The number of hydrogen-bond acceptors (Lipinski definition) is 4. The second-order valence-corrected chi connectivity index (χ2v) is 8.27. The number of likely N-dealkylation sites (tertiary alicyclic amines) is 1. The fourth-order valence-electron chi connectivity index (χ4n) is 3.66. The number of anilines is 1. The number of nitrogens with zero attached hydrogens (tertiary/aromatic N) is 2. The topological polar surface area (TPSA) is 62.3 Å². The molecule has 144 valence electrons. The van der Waals surface area contributed by atoms with Crippen LogP contribution in [0.15, 0.2) is 53.4 Å². The molecule has 1 N–H and O–H groups in total. The van der Waals surface area contributed by atoms with Crippen molar-refractivity contribution >= 4 is 34.4 Å². The van der Waals surface area contributed by atoms with E-state index in [4.69, 9.17) is 0 Å². The first-order valence-corrected chi connectivity index (χ1v) is 10.5. The molecule has 1 aliphatic heterocycles. The van der Waals surface area contributed by atoms with Gasteiger partial charge in [-0.3, -0.25) is 9.59 Å². The number of hydrogen-bond donors (Lipinski definition) is 1. The molecule has 0 unspecified atom stereocenters. The van der Waals surface area contributed by atoms with Crippen molar-refractivity contribution in [2.75, 3.05) is 18.4 Å². The molecule has 28 heavy (non-hydrogen) atoms. The van der Waals surface area contributed by atoms with Crippen molar-refractivity contribution in [1.29, 1.82) is 0 Å². The Labute approximate surface area is 168 Å². The van der Waals surface area contributed by atoms with Gasteiger partial charge >= 0.3 is 0 Å². The zero-order valence-electron chi connectivity index (χ0n) is 15.9. The van der Waals surface area contributed by atoms with E-state index in [0.29, 0.717) is 32.4 Å². The Morgan fingerprint density at radius 1 is 1.18 bits per heavy atom. The van der Waals surface area contributed by atoms with Gasteiger partial charge in [0.05, 0.1) is 10.7 Å². The summed E-state index contributed by atoms with van der Waals surface area (Å²) >= 11 is 1.62. The van der Waals surface area contributed by atoms with E-state index in [9.17, 15) is 9.59 Å². The maximum Gasteiger partial charge on any atom is 0.250 e.